The monoisotopic (exact) mass is 488 g/mol. The van der Waals surface area contributed by atoms with Crippen LogP contribution in [0.2, 0.25) is 0 Å². The molecule has 3 N–H and O–H groups in total. The Bertz CT molecular complexity index is 1210. The molecule has 0 spiro atoms. The SMILES string of the molecule is CCc1ccc(NC(=O)COc2ccc(/C=N\NC(=O)C(=O)NCc3ccccc3)cc2OC)cc1. The second-order valence-corrected chi connectivity index (χ2v) is 7.67. The molecule has 0 atom stereocenters. The first-order chi connectivity index (χ1) is 17.5. The summed E-state index contributed by atoms with van der Waals surface area (Å²) in [5, 5.41) is 9.11. The largest absolute Gasteiger partial charge is 0.493 e. The quantitative estimate of drug-likeness (QED) is 0.230. The third-order valence-electron chi connectivity index (χ3n) is 5.07. The van der Waals surface area contributed by atoms with Crippen LogP contribution in [0.1, 0.15) is 23.6 Å². The summed E-state index contributed by atoms with van der Waals surface area (Å²) >= 11 is 0. The molecule has 9 nitrogen and oxygen atoms in total. The van der Waals surface area contributed by atoms with E-state index in [1.807, 2.05) is 54.6 Å². The van der Waals surface area contributed by atoms with Gasteiger partial charge in [0, 0.05) is 12.2 Å². The minimum atomic E-state index is -0.885. The number of methoxy groups -OCH3 is 1. The summed E-state index contributed by atoms with van der Waals surface area (Å²) in [5.41, 5.74) is 5.52. The molecule has 0 unspecified atom stereocenters. The maximum absolute atomic E-state index is 12.2. The van der Waals surface area contributed by atoms with Crippen LogP contribution in [0.3, 0.4) is 0 Å². The van der Waals surface area contributed by atoms with Crippen molar-refractivity contribution in [2.45, 2.75) is 19.9 Å². The van der Waals surface area contributed by atoms with Crippen molar-refractivity contribution in [2.24, 2.45) is 5.10 Å². The van der Waals surface area contributed by atoms with E-state index in [0.29, 0.717) is 22.7 Å². The lowest BCUT2D eigenvalue weighted by atomic mass is 10.1. The Balaban J connectivity index is 1.48. The van der Waals surface area contributed by atoms with Crippen molar-refractivity contribution in [3.8, 4) is 11.5 Å². The van der Waals surface area contributed by atoms with E-state index in [1.165, 1.54) is 18.9 Å². The summed E-state index contributed by atoms with van der Waals surface area (Å²) in [6.07, 6.45) is 2.29. The van der Waals surface area contributed by atoms with Crippen LogP contribution in [0.15, 0.2) is 77.9 Å². The fraction of sp³-hybridized carbons (Fsp3) is 0.185. The maximum Gasteiger partial charge on any atom is 0.329 e. The number of hydrogen-bond donors (Lipinski definition) is 3. The first-order valence-electron chi connectivity index (χ1n) is 11.3. The molecule has 0 aromatic heterocycles. The van der Waals surface area contributed by atoms with Gasteiger partial charge in [-0.15, -0.1) is 0 Å². The molecule has 0 aliphatic rings. The first-order valence-corrected chi connectivity index (χ1v) is 11.3. The molecule has 9 heteroatoms. The van der Waals surface area contributed by atoms with Crippen molar-refractivity contribution in [1.82, 2.24) is 10.7 Å². The highest BCUT2D eigenvalue weighted by Gasteiger charge is 2.12. The van der Waals surface area contributed by atoms with E-state index in [4.69, 9.17) is 9.47 Å². The van der Waals surface area contributed by atoms with Gasteiger partial charge in [0.05, 0.1) is 13.3 Å². The van der Waals surface area contributed by atoms with E-state index in [2.05, 4.69) is 28.1 Å². The molecule has 0 radical (unpaired) electrons. The smallest absolute Gasteiger partial charge is 0.329 e. The van der Waals surface area contributed by atoms with E-state index in [-0.39, 0.29) is 19.1 Å². The predicted molar refractivity (Wildman–Crippen MR) is 137 cm³/mol. The number of carbonyl (C=O) groups excluding carboxylic acids is 3. The van der Waals surface area contributed by atoms with Crippen LogP contribution in [-0.2, 0) is 27.3 Å². The fourth-order valence-electron chi connectivity index (χ4n) is 3.12. The van der Waals surface area contributed by atoms with Gasteiger partial charge in [-0.2, -0.15) is 5.10 Å². The number of hydrogen-bond acceptors (Lipinski definition) is 6. The molecule has 0 aliphatic heterocycles. The summed E-state index contributed by atoms with van der Waals surface area (Å²) in [7, 11) is 1.47. The van der Waals surface area contributed by atoms with Gasteiger partial charge >= 0.3 is 11.8 Å². The molecule has 0 bridgehead atoms. The summed E-state index contributed by atoms with van der Waals surface area (Å²) in [5.74, 6) is -1.23. The second kappa shape index (κ2) is 13.3. The number of carbonyl (C=O) groups is 3. The van der Waals surface area contributed by atoms with Gasteiger partial charge in [-0.1, -0.05) is 49.4 Å². The molecule has 0 saturated carbocycles. The van der Waals surface area contributed by atoms with Crippen molar-refractivity contribution >= 4 is 29.6 Å². The number of nitrogens with one attached hydrogen (secondary N) is 3. The molecule has 3 aromatic rings. The van der Waals surface area contributed by atoms with E-state index < -0.39 is 11.8 Å². The average Bonchev–Trinajstić information content (AvgIpc) is 2.91. The Morgan fingerprint density at radius 2 is 1.64 bits per heavy atom. The number of nitrogens with zero attached hydrogens (tertiary/aromatic N) is 1. The molecule has 3 amide bonds. The Kier molecular flexibility index (Phi) is 9.58. The molecule has 0 saturated heterocycles. The van der Waals surface area contributed by atoms with Crippen molar-refractivity contribution < 1.29 is 23.9 Å². The van der Waals surface area contributed by atoms with Crippen LogP contribution in [0.4, 0.5) is 5.69 Å². The number of benzene rings is 3. The number of anilines is 1. The van der Waals surface area contributed by atoms with E-state index in [0.717, 1.165) is 12.0 Å². The van der Waals surface area contributed by atoms with Crippen molar-refractivity contribution in [1.29, 1.82) is 0 Å². The van der Waals surface area contributed by atoms with Crippen molar-refractivity contribution in [3.63, 3.8) is 0 Å². The number of amides is 3. The van der Waals surface area contributed by atoms with E-state index in [1.54, 1.807) is 18.2 Å². The third-order valence-corrected chi connectivity index (χ3v) is 5.07. The van der Waals surface area contributed by atoms with Crippen LogP contribution in [-0.4, -0.2) is 37.7 Å². The van der Waals surface area contributed by atoms with Crippen molar-refractivity contribution in [2.75, 3.05) is 19.0 Å². The number of hydrazone groups is 1. The summed E-state index contributed by atoms with van der Waals surface area (Å²) < 4.78 is 10.9. The third kappa shape index (κ3) is 7.98. The fourth-order valence-corrected chi connectivity index (χ4v) is 3.12. The molecule has 36 heavy (non-hydrogen) atoms. The Labute approximate surface area is 209 Å². The first kappa shape index (κ1) is 26.0. The lowest BCUT2D eigenvalue weighted by Crippen LogP contribution is -2.37. The minimum absolute atomic E-state index is 0.201. The molecule has 0 aliphatic carbocycles. The average molecular weight is 489 g/mol. The van der Waals surface area contributed by atoms with Gasteiger partial charge in [-0.05, 0) is 53.4 Å². The van der Waals surface area contributed by atoms with Gasteiger partial charge in [0.2, 0.25) is 0 Å². The summed E-state index contributed by atoms with van der Waals surface area (Å²) in [6.45, 7) is 2.10. The predicted octanol–water partition coefficient (Wildman–Crippen LogP) is 3.04. The number of ether oxygens (including phenoxy) is 2. The highest BCUT2D eigenvalue weighted by Crippen LogP contribution is 2.27. The van der Waals surface area contributed by atoms with Crippen LogP contribution in [0, 0.1) is 0 Å². The minimum Gasteiger partial charge on any atom is -0.493 e. The standard InChI is InChI=1S/C27H28N4O5/c1-3-19-9-12-22(13-10-19)30-25(32)18-36-23-14-11-21(15-24(23)35-2)17-29-31-27(34)26(33)28-16-20-7-5-4-6-8-20/h4-15,17H,3,16,18H2,1-2H3,(H,28,33)(H,30,32)(H,31,34)/b29-17-. The van der Waals surface area contributed by atoms with Gasteiger partial charge in [0.1, 0.15) is 0 Å². The van der Waals surface area contributed by atoms with Gasteiger partial charge in [0.25, 0.3) is 5.91 Å². The molecule has 186 valence electrons. The van der Waals surface area contributed by atoms with Gasteiger partial charge in [-0.3, -0.25) is 14.4 Å². The molecule has 0 fully saturated rings. The van der Waals surface area contributed by atoms with Gasteiger partial charge in [0.15, 0.2) is 18.1 Å². The van der Waals surface area contributed by atoms with Crippen LogP contribution < -0.4 is 25.5 Å². The zero-order chi connectivity index (χ0) is 25.8. The van der Waals surface area contributed by atoms with Crippen LogP contribution in [0.25, 0.3) is 0 Å². The Hall–Kier alpha value is -4.66. The zero-order valence-electron chi connectivity index (χ0n) is 20.1. The highest BCUT2D eigenvalue weighted by atomic mass is 16.5. The zero-order valence-corrected chi connectivity index (χ0v) is 20.1. The van der Waals surface area contributed by atoms with E-state index >= 15 is 0 Å². The molecule has 3 aromatic carbocycles. The van der Waals surface area contributed by atoms with Crippen LogP contribution >= 0.6 is 0 Å². The second-order valence-electron chi connectivity index (χ2n) is 7.67. The topological polar surface area (TPSA) is 118 Å². The molecular weight excluding hydrogens is 460 g/mol. The Morgan fingerprint density at radius 3 is 2.33 bits per heavy atom. The lowest BCUT2D eigenvalue weighted by molar-refractivity contribution is -0.139. The molecule has 3 rings (SSSR count). The Morgan fingerprint density at radius 1 is 0.889 bits per heavy atom. The number of rotatable bonds is 10. The lowest BCUT2D eigenvalue weighted by Gasteiger charge is -2.11. The van der Waals surface area contributed by atoms with Crippen molar-refractivity contribution in [3.05, 3.63) is 89.5 Å². The van der Waals surface area contributed by atoms with E-state index in [9.17, 15) is 14.4 Å². The number of aryl methyl sites for hydroxylation is 1. The summed E-state index contributed by atoms with van der Waals surface area (Å²) in [4.78, 5) is 36.1. The normalized spacial score (nSPS) is 10.5. The van der Waals surface area contributed by atoms with Gasteiger partial charge < -0.3 is 20.1 Å². The highest BCUT2D eigenvalue weighted by molar-refractivity contribution is 6.35. The molecule has 0 heterocycles. The summed E-state index contributed by atoms with van der Waals surface area (Å²) in [6, 6.07) is 21.8. The van der Waals surface area contributed by atoms with Crippen LogP contribution in [0.5, 0.6) is 11.5 Å². The molecular formula is C27H28N4O5. The van der Waals surface area contributed by atoms with Gasteiger partial charge in [-0.25, -0.2) is 5.43 Å². The maximum atomic E-state index is 12.2.